The maximum Gasteiger partial charge on any atom is 0.134 e. The molecule has 0 saturated carbocycles. The largest absolute Gasteiger partial charge is 0.495 e. The molecule has 0 aliphatic carbocycles. The van der Waals surface area contributed by atoms with Crippen LogP contribution in [0.25, 0.3) is 0 Å². The van der Waals surface area contributed by atoms with Crippen LogP contribution >= 0.6 is 0 Å². The maximum absolute atomic E-state index is 5.26. The Kier molecular flexibility index (Phi) is 3.47. The van der Waals surface area contributed by atoms with Gasteiger partial charge in [0.15, 0.2) is 0 Å². The van der Waals surface area contributed by atoms with Gasteiger partial charge in [-0.15, -0.1) is 0 Å². The zero-order valence-electron chi connectivity index (χ0n) is 10.0. The monoisotopic (exact) mass is 222 g/mol. The Hall–Kier alpha value is -2.20. The summed E-state index contributed by atoms with van der Waals surface area (Å²) in [6.07, 6.45) is 0. The molecule has 2 aromatic carbocycles. The van der Waals surface area contributed by atoms with E-state index in [0.717, 1.165) is 16.9 Å². The normalized spacial score (nSPS) is 9.29. The van der Waals surface area contributed by atoms with Gasteiger partial charge < -0.3 is 4.74 Å². The summed E-state index contributed by atoms with van der Waals surface area (Å²) < 4.78 is 5.26. The van der Waals surface area contributed by atoms with Gasteiger partial charge >= 0.3 is 0 Å². The Morgan fingerprint density at radius 2 is 1.41 bits per heavy atom. The summed E-state index contributed by atoms with van der Waals surface area (Å²) >= 11 is 0. The van der Waals surface area contributed by atoms with Gasteiger partial charge in [-0.1, -0.05) is 42.2 Å². The van der Waals surface area contributed by atoms with Crippen molar-refractivity contribution in [1.29, 1.82) is 0 Å². The molecule has 0 aromatic heterocycles. The topological polar surface area (TPSA) is 9.23 Å². The van der Waals surface area contributed by atoms with Crippen molar-refractivity contribution in [2.45, 2.75) is 6.92 Å². The standard InChI is InChI=1S/C16H14O/c1-13-7-3-4-8-14(13)11-12-15-9-5-6-10-16(15)17-2/h3-10H,1-2H3. The molecule has 84 valence electrons. The maximum atomic E-state index is 5.26. The van der Waals surface area contributed by atoms with Gasteiger partial charge in [-0.05, 0) is 30.7 Å². The summed E-state index contributed by atoms with van der Waals surface area (Å²) in [7, 11) is 1.66. The number of hydrogen-bond acceptors (Lipinski definition) is 1. The summed E-state index contributed by atoms with van der Waals surface area (Å²) in [5.41, 5.74) is 3.16. The predicted octanol–water partition coefficient (Wildman–Crippen LogP) is 3.40. The quantitative estimate of drug-likeness (QED) is 0.672. The van der Waals surface area contributed by atoms with Crippen LogP contribution in [0.4, 0.5) is 0 Å². The molecule has 0 heterocycles. The number of aryl methyl sites for hydroxylation is 1. The first-order valence-electron chi connectivity index (χ1n) is 5.52. The smallest absolute Gasteiger partial charge is 0.134 e. The van der Waals surface area contributed by atoms with Gasteiger partial charge in [-0.3, -0.25) is 0 Å². The first-order chi connectivity index (χ1) is 8.31. The molecule has 0 unspecified atom stereocenters. The fourth-order valence-corrected chi connectivity index (χ4v) is 1.60. The molecular formula is C16H14O. The molecule has 0 saturated heterocycles. The number of para-hydroxylation sites is 1. The van der Waals surface area contributed by atoms with E-state index in [-0.39, 0.29) is 0 Å². The molecule has 0 radical (unpaired) electrons. The van der Waals surface area contributed by atoms with Crippen molar-refractivity contribution >= 4 is 0 Å². The molecule has 0 bridgehead atoms. The van der Waals surface area contributed by atoms with E-state index < -0.39 is 0 Å². The van der Waals surface area contributed by atoms with Crippen LogP contribution in [-0.2, 0) is 0 Å². The van der Waals surface area contributed by atoms with Crippen LogP contribution in [-0.4, -0.2) is 7.11 Å². The molecule has 0 aliphatic rings. The van der Waals surface area contributed by atoms with Gasteiger partial charge in [-0.25, -0.2) is 0 Å². The third kappa shape index (κ3) is 2.68. The molecule has 1 nitrogen and oxygen atoms in total. The number of ether oxygens (including phenoxy) is 1. The minimum absolute atomic E-state index is 0.814. The van der Waals surface area contributed by atoms with Crippen molar-refractivity contribution in [3.8, 4) is 17.6 Å². The summed E-state index contributed by atoms with van der Waals surface area (Å²) in [5, 5.41) is 0. The number of methoxy groups -OCH3 is 1. The molecule has 0 amide bonds. The molecule has 0 spiro atoms. The number of hydrogen-bond donors (Lipinski definition) is 0. The molecule has 2 rings (SSSR count). The lowest BCUT2D eigenvalue weighted by molar-refractivity contribution is 0.413. The third-order valence-electron chi connectivity index (χ3n) is 2.58. The Morgan fingerprint density at radius 1 is 0.824 bits per heavy atom. The van der Waals surface area contributed by atoms with Gasteiger partial charge in [0.2, 0.25) is 0 Å². The van der Waals surface area contributed by atoms with Gasteiger partial charge in [0.25, 0.3) is 0 Å². The molecule has 0 fully saturated rings. The Balaban J connectivity index is 2.37. The fourth-order valence-electron chi connectivity index (χ4n) is 1.60. The second-order valence-corrected chi connectivity index (χ2v) is 3.77. The summed E-state index contributed by atoms with van der Waals surface area (Å²) in [6, 6.07) is 15.9. The van der Waals surface area contributed by atoms with Crippen molar-refractivity contribution in [1.82, 2.24) is 0 Å². The minimum atomic E-state index is 0.814. The van der Waals surface area contributed by atoms with Crippen molar-refractivity contribution in [3.05, 3.63) is 65.2 Å². The fraction of sp³-hybridized carbons (Fsp3) is 0.125. The van der Waals surface area contributed by atoms with Crippen LogP contribution in [0, 0.1) is 18.8 Å². The zero-order valence-corrected chi connectivity index (χ0v) is 10.0. The summed E-state index contributed by atoms with van der Waals surface area (Å²) in [5.74, 6) is 7.13. The van der Waals surface area contributed by atoms with Crippen molar-refractivity contribution in [3.63, 3.8) is 0 Å². The molecule has 0 atom stereocenters. The Labute approximate surface area is 102 Å². The average Bonchev–Trinajstić information content (AvgIpc) is 2.38. The van der Waals surface area contributed by atoms with Gasteiger partial charge in [-0.2, -0.15) is 0 Å². The van der Waals surface area contributed by atoms with E-state index in [1.807, 2.05) is 42.5 Å². The predicted molar refractivity (Wildman–Crippen MR) is 70.2 cm³/mol. The zero-order chi connectivity index (χ0) is 12.1. The van der Waals surface area contributed by atoms with Crippen LogP contribution in [0.1, 0.15) is 16.7 Å². The van der Waals surface area contributed by atoms with E-state index in [2.05, 4.69) is 24.8 Å². The SMILES string of the molecule is COc1ccccc1C#Cc1ccccc1C. The van der Waals surface area contributed by atoms with E-state index in [0.29, 0.717) is 0 Å². The van der Waals surface area contributed by atoms with Gasteiger partial charge in [0, 0.05) is 5.56 Å². The van der Waals surface area contributed by atoms with Crippen LogP contribution in [0.15, 0.2) is 48.5 Å². The second-order valence-electron chi connectivity index (χ2n) is 3.77. The highest BCUT2D eigenvalue weighted by Gasteiger charge is 1.97. The Bertz CT molecular complexity index is 573. The summed E-state index contributed by atoms with van der Waals surface area (Å²) in [4.78, 5) is 0. The van der Waals surface area contributed by atoms with Crippen LogP contribution in [0.3, 0.4) is 0 Å². The van der Waals surface area contributed by atoms with Crippen LogP contribution in [0.2, 0.25) is 0 Å². The highest BCUT2D eigenvalue weighted by Crippen LogP contribution is 2.16. The minimum Gasteiger partial charge on any atom is -0.495 e. The molecule has 17 heavy (non-hydrogen) atoms. The molecule has 0 aliphatic heterocycles. The number of rotatable bonds is 1. The second kappa shape index (κ2) is 5.23. The highest BCUT2D eigenvalue weighted by atomic mass is 16.5. The van der Waals surface area contributed by atoms with Crippen molar-refractivity contribution in [2.75, 3.05) is 7.11 Å². The third-order valence-corrected chi connectivity index (χ3v) is 2.58. The van der Waals surface area contributed by atoms with Gasteiger partial charge in [0.05, 0.1) is 12.7 Å². The lowest BCUT2D eigenvalue weighted by Gasteiger charge is -2.01. The van der Waals surface area contributed by atoms with E-state index in [4.69, 9.17) is 4.74 Å². The van der Waals surface area contributed by atoms with Crippen molar-refractivity contribution < 1.29 is 4.74 Å². The van der Waals surface area contributed by atoms with Crippen LogP contribution < -0.4 is 4.74 Å². The van der Waals surface area contributed by atoms with Crippen LogP contribution in [0.5, 0.6) is 5.75 Å². The molecule has 2 aromatic rings. The lowest BCUT2D eigenvalue weighted by atomic mass is 10.1. The van der Waals surface area contributed by atoms with Crippen molar-refractivity contribution in [2.24, 2.45) is 0 Å². The van der Waals surface area contributed by atoms with E-state index in [1.165, 1.54) is 5.56 Å². The molecule has 0 N–H and O–H groups in total. The molecule has 1 heteroatoms. The number of benzene rings is 2. The highest BCUT2D eigenvalue weighted by molar-refractivity contribution is 5.51. The van der Waals surface area contributed by atoms with E-state index in [9.17, 15) is 0 Å². The summed E-state index contributed by atoms with van der Waals surface area (Å²) in [6.45, 7) is 2.06. The van der Waals surface area contributed by atoms with Gasteiger partial charge in [0.1, 0.15) is 5.75 Å². The first kappa shape index (κ1) is 11.3. The first-order valence-corrected chi connectivity index (χ1v) is 5.52. The average molecular weight is 222 g/mol. The van der Waals surface area contributed by atoms with E-state index >= 15 is 0 Å². The lowest BCUT2D eigenvalue weighted by Crippen LogP contribution is -1.87. The molecular weight excluding hydrogens is 208 g/mol. The Morgan fingerprint density at radius 3 is 2.12 bits per heavy atom. The van der Waals surface area contributed by atoms with E-state index in [1.54, 1.807) is 7.11 Å².